The fourth-order valence-corrected chi connectivity index (χ4v) is 1.00. The van der Waals surface area contributed by atoms with Gasteiger partial charge in [0, 0.05) is 0 Å². The van der Waals surface area contributed by atoms with Crippen molar-refractivity contribution in [1.82, 2.24) is 25.0 Å². The lowest BCUT2D eigenvalue weighted by molar-refractivity contribution is 0.194. The molecule has 0 aliphatic rings. The minimum Gasteiger partial charge on any atom is -0.387 e. The Kier molecular flexibility index (Phi) is 2.19. The second kappa shape index (κ2) is 3.51. The predicted octanol–water partition coefficient (Wildman–Crippen LogP) is 0.111. The van der Waals surface area contributed by atoms with Crippen LogP contribution in [0.15, 0.2) is 24.9 Å². The first-order valence-corrected chi connectivity index (χ1v) is 4.13. The third-order valence-electron chi connectivity index (χ3n) is 1.75. The summed E-state index contributed by atoms with van der Waals surface area (Å²) in [6, 6.07) is 0. The highest BCUT2D eigenvalue weighted by Crippen LogP contribution is 2.09. The van der Waals surface area contributed by atoms with Crippen LogP contribution in [0.3, 0.4) is 0 Å². The summed E-state index contributed by atoms with van der Waals surface area (Å²) in [6.07, 6.45) is 5.70. The van der Waals surface area contributed by atoms with Crippen LogP contribution in [0, 0.1) is 0 Å². The molecule has 0 saturated carbocycles. The predicted molar refractivity (Wildman–Crippen MR) is 47.6 cm³/mol. The lowest BCUT2D eigenvalue weighted by atomic mass is 10.3. The van der Waals surface area contributed by atoms with Crippen molar-refractivity contribution < 1.29 is 5.11 Å². The summed E-state index contributed by atoms with van der Waals surface area (Å²) >= 11 is 0. The van der Waals surface area contributed by atoms with Gasteiger partial charge in [0.15, 0.2) is 0 Å². The van der Waals surface area contributed by atoms with E-state index in [1.165, 1.54) is 11.0 Å². The van der Waals surface area contributed by atoms with E-state index in [1.54, 1.807) is 25.5 Å². The maximum Gasteiger partial charge on any atom is 0.115 e. The zero-order chi connectivity index (χ0) is 9.97. The molecule has 0 aromatic carbocycles. The Morgan fingerprint density at radius 1 is 1.36 bits per heavy atom. The topological polar surface area (TPSA) is 76.7 Å². The van der Waals surface area contributed by atoms with Gasteiger partial charge in [-0.15, -0.1) is 5.10 Å². The van der Waals surface area contributed by atoms with E-state index in [-0.39, 0.29) is 0 Å². The van der Waals surface area contributed by atoms with E-state index >= 15 is 0 Å². The molecule has 2 heterocycles. The molecule has 6 nitrogen and oxygen atoms in total. The number of hydrogen-bond donors (Lipinski definition) is 1. The van der Waals surface area contributed by atoms with Crippen molar-refractivity contribution in [2.24, 2.45) is 0 Å². The molecule has 0 fully saturated rings. The van der Waals surface area contributed by atoms with Crippen LogP contribution in [0.4, 0.5) is 0 Å². The highest BCUT2D eigenvalue weighted by atomic mass is 16.3. The molecule has 2 rings (SSSR count). The minimum atomic E-state index is -0.617. The molecule has 0 radical (unpaired) electrons. The molecule has 14 heavy (non-hydrogen) atoms. The third kappa shape index (κ3) is 1.60. The fourth-order valence-electron chi connectivity index (χ4n) is 1.00. The van der Waals surface area contributed by atoms with E-state index in [0.29, 0.717) is 11.4 Å². The van der Waals surface area contributed by atoms with E-state index in [1.807, 2.05) is 0 Å². The van der Waals surface area contributed by atoms with E-state index < -0.39 is 6.10 Å². The van der Waals surface area contributed by atoms with Gasteiger partial charge in [0.1, 0.15) is 17.7 Å². The monoisotopic (exact) mass is 191 g/mol. The molecule has 6 heteroatoms. The quantitative estimate of drug-likeness (QED) is 0.729. The molecule has 0 amide bonds. The van der Waals surface area contributed by atoms with Crippen molar-refractivity contribution in [1.29, 1.82) is 0 Å². The number of rotatable bonds is 2. The van der Waals surface area contributed by atoms with Crippen LogP contribution >= 0.6 is 0 Å². The zero-order valence-corrected chi connectivity index (χ0v) is 7.57. The van der Waals surface area contributed by atoms with E-state index in [4.69, 9.17) is 0 Å². The summed E-state index contributed by atoms with van der Waals surface area (Å²) in [4.78, 5) is 7.71. The average Bonchev–Trinajstić information content (AvgIpc) is 2.68. The fraction of sp³-hybridized carbons (Fsp3) is 0.250. The highest BCUT2D eigenvalue weighted by molar-refractivity contribution is 5.22. The van der Waals surface area contributed by atoms with Crippen LogP contribution in [0.2, 0.25) is 0 Å². The Morgan fingerprint density at radius 3 is 2.64 bits per heavy atom. The number of nitrogens with zero attached hydrogens (tertiary/aromatic N) is 5. The molecular formula is C8H9N5O. The largest absolute Gasteiger partial charge is 0.387 e. The Hall–Kier alpha value is -1.82. The third-order valence-corrected chi connectivity index (χ3v) is 1.75. The molecule has 0 spiro atoms. The molecule has 1 unspecified atom stereocenters. The summed E-state index contributed by atoms with van der Waals surface area (Å²) in [5.74, 6) is 0. The van der Waals surface area contributed by atoms with Crippen LogP contribution < -0.4 is 0 Å². The molecular weight excluding hydrogens is 182 g/mol. The summed E-state index contributed by atoms with van der Waals surface area (Å²) in [6.45, 7) is 1.63. The molecule has 2 aromatic heterocycles. The van der Waals surface area contributed by atoms with Gasteiger partial charge < -0.3 is 5.11 Å². The zero-order valence-electron chi connectivity index (χ0n) is 7.57. The number of aliphatic hydroxyl groups is 1. The molecule has 0 saturated heterocycles. The highest BCUT2D eigenvalue weighted by Gasteiger charge is 2.07. The molecule has 0 aliphatic carbocycles. The first-order chi connectivity index (χ1) is 6.77. The smallest absolute Gasteiger partial charge is 0.115 e. The maximum atomic E-state index is 9.24. The SMILES string of the molecule is CC(O)c1cn(-c2cncnc2)nn1. The van der Waals surface area contributed by atoms with Crippen molar-refractivity contribution in [3.63, 3.8) is 0 Å². The standard InChI is InChI=1S/C8H9N5O/c1-6(14)8-4-13(12-11-8)7-2-9-5-10-3-7/h2-6,14H,1H3. The van der Waals surface area contributed by atoms with Crippen molar-refractivity contribution in [2.75, 3.05) is 0 Å². The number of hydrogen-bond acceptors (Lipinski definition) is 5. The second-order valence-corrected chi connectivity index (χ2v) is 2.86. The van der Waals surface area contributed by atoms with Crippen molar-refractivity contribution in [2.45, 2.75) is 13.0 Å². The Bertz CT molecular complexity index is 411. The average molecular weight is 191 g/mol. The first kappa shape index (κ1) is 8.76. The summed E-state index contributed by atoms with van der Waals surface area (Å²) in [5.41, 5.74) is 1.24. The van der Waals surface area contributed by atoms with Crippen molar-refractivity contribution in [3.05, 3.63) is 30.6 Å². The van der Waals surface area contributed by atoms with Gasteiger partial charge in [-0.05, 0) is 6.92 Å². The van der Waals surface area contributed by atoms with E-state index in [0.717, 1.165) is 0 Å². The Labute approximate surface area is 80.2 Å². The van der Waals surface area contributed by atoms with Crippen LogP contribution in [-0.4, -0.2) is 30.1 Å². The van der Waals surface area contributed by atoms with Gasteiger partial charge in [-0.2, -0.15) is 0 Å². The van der Waals surface area contributed by atoms with Gasteiger partial charge in [0.25, 0.3) is 0 Å². The molecule has 1 atom stereocenters. The lowest BCUT2D eigenvalue weighted by Crippen LogP contribution is -1.96. The van der Waals surface area contributed by atoms with Crippen molar-refractivity contribution >= 4 is 0 Å². The van der Waals surface area contributed by atoms with Crippen LogP contribution in [-0.2, 0) is 0 Å². The van der Waals surface area contributed by atoms with Crippen LogP contribution in [0.1, 0.15) is 18.7 Å². The van der Waals surface area contributed by atoms with E-state index in [9.17, 15) is 5.11 Å². The first-order valence-electron chi connectivity index (χ1n) is 4.13. The van der Waals surface area contributed by atoms with Crippen LogP contribution in [0.25, 0.3) is 5.69 Å². The Balaban J connectivity index is 2.34. The van der Waals surface area contributed by atoms with Crippen molar-refractivity contribution in [3.8, 4) is 5.69 Å². The summed E-state index contributed by atoms with van der Waals surface area (Å²) < 4.78 is 1.52. The molecule has 2 aromatic rings. The van der Waals surface area contributed by atoms with Gasteiger partial charge in [-0.25, -0.2) is 14.6 Å². The normalized spacial score (nSPS) is 12.7. The van der Waals surface area contributed by atoms with Gasteiger partial charge in [0.05, 0.1) is 24.7 Å². The van der Waals surface area contributed by atoms with Gasteiger partial charge >= 0.3 is 0 Å². The minimum absolute atomic E-state index is 0.522. The number of aliphatic hydroxyl groups excluding tert-OH is 1. The van der Waals surface area contributed by atoms with E-state index in [2.05, 4.69) is 20.3 Å². The van der Waals surface area contributed by atoms with Gasteiger partial charge in [-0.3, -0.25) is 0 Å². The van der Waals surface area contributed by atoms with Gasteiger partial charge in [-0.1, -0.05) is 5.21 Å². The van der Waals surface area contributed by atoms with Gasteiger partial charge in [0.2, 0.25) is 0 Å². The Morgan fingerprint density at radius 2 is 2.07 bits per heavy atom. The maximum absolute atomic E-state index is 9.24. The summed E-state index contributed by atoms with van der Waals surface area (Å²) in [7, 11) is 0. The summed E-state index contributed by atoms with van der Waals surface area (Å²) in [5, 5.41) is 16.9. The lowest BCUT2D eigenvalue weighted by Gasteiger charge is -1.96. The second-order valence-electron chi connectivity index (χ2n) is 2.86. The molecule has 72 valence electrons. The molecule has 1 N–H and O–H groups in total. The molecule has 0 bridgehead atoms. The molecule has 0 aliphatic heterocycles. The van der Waals surface area contributed by atoms with Crippen LogP contribution in [0.5, 0.6) is 0 Å². The number of aromatic nitrogens is 5.